The molecular formula is C20H40N8O4. The maximum Gasteiger partial charge on any atom is 0.242 e. The Labute approximate surface area is 189 Å². The number of nitrogens with two attached hydrogens (primary N) is 3. The fraction of sp³-hybridized carbons (Fsp3) is 0.750. The number of nitrogens with one attached hydrogen (secondary N) is 4. The number of carbonyl (C=O) groups is 4. The molecule has 0 radical (unpaired) electrons. The maximum absolute atomic E-state index is 12.4. The molecule has 0 saturated carbocycles. The quantitative estimate of drug-likeness (QED) is 0.0685. The van der Waals surface area contributed by atoms with Crippen LogP contribution in [0.15, 0.2) is 4.99 Å². The Bertz CT molecular complexity index is 623. The van der Waals surface area contributed by atoms with E-state index in [4.69, 9.17) is 17.2 Å². The minimum atomic E-state index is -0.806. The van der Waals surface area contributed by atoms with Crippen molar-refractivity contribution in [3.8, 4) is 0 Å². The van der Waals surface area contributed by atoms with Gasteiger partial charge in [-0.25, -0.2) is 0 Å². The molecule has 0 saturated heterocycles. The number of rotatable bonds is 18. The highest BCUT2D eigenvalue weighted by atomic mass is 16.2. The number of aliphatic imine (C=N–C) groups is 1. The number of Topliss-reactive ketones (excluding diaryl/α,β-unsaturated/α-hetero) is 1. The van der Waals surface area contributed by atoms with Gasteiger partial charge in [0.05, 0.1) is 19.1 Å². The lowest BCUT2D eigenvalue weighted by Gasteiger charge is -2.19. The van der Waals surface area contributed by atoms with E-state index in [1.165, 1.54) is 0 Å². The standard InChI is InChI=1S/C20H40N8O4/c1-3-7-14(29)12-26-19(32)16(8-4-5-10-21)28-17(30)13-27-18(31)15(24-2)9-6-11-25-20(22)23/h15-16,24H,3-13,21H2,1-2H3,(H,26,32)(H,27,31)(H,28,30)(H4,22,23,25). The summed E-state index contributed by atoms with van der Waals surface area (Å²) in [4.78, 5) is 52.6. The van der Waals surface area contributed by atoms with Crippen LogP contribution in [0.25, 0.3) is 0 Å². The number of likely N-dealkylation sites (N-methyl/N-ethyl adjacent to an activating group) is 1. The first-order chi connectivity index (χ1) is 15.2. The number of hydrogen-bond acceptors (Lipinski definition) is 7. The fourth-order valence-corrected chi connectivity index (χ4v) is 2.88. The molecular weight excluding hydrogens is 416 g/mol. The van der Waals surface area contributed by atoms with E-state index >= 15 is 0 Å². The summed E-state index contributed by atoms with van der Waals surface area (Å²) in [6.45, 7) is 2.40. The molecule has 0 aliphatic carbocycles. The van der Waals surface area contributed by atoms with Crippen molar-refractivity contribution in [2.75, 3.05) is 33.2 Å². The van der Waals surface area contributed by atoms with Gasteiger partial charge in [0.15, 0.2) is 11.7 Å². The van der Waals surface area contributed by atoms with Gasteiger partial charge in [-0.2, -0.15) is 0 Å². The average molecular weight is 457 g/mol. The normalized spacial score (nSPS) is 12.3. The SMILES string of the molecule is CCCC(=O)CNC(=O)C(CCCCN)NC(=O)CNC(=O)C(CCCN=C(N)N)NC. The van der Waals surface area contributed by atoms with Gasteiger partial charge in [-0.15, -0.1) is 0 Å². The first-order valence-corrected chi connectivity index (χ1v) is 11.0. The van der Waals surface area contributed by atoms with Crippen molar-refractivity contribution in [3.63, 3.8) is 0 Å². The van der Waals surface area contributed by atoms with Crippen LogP contribution < -0.4 is 38.5 Å². The van der Waals surface area contributed by atoms with Crippen LogP contribution in [0.5, 0.6) is 0 Å². The first kappa shape index (κ1) is 29.3. The predicted octanol–water partition coefficient (Wildman–Crippen LogP) is -2.16. The lowest BCUT2D eigenvalue weighted by Crippen LogP contribution is -2.51. The second-order valence-electron chi connectivity index (χ2n) is 7.42. The number of nitrogens with zero attached hydrogens (tertiary/aromatic N) is 1. The largest absolute Gasteiger partial charge is 0.370 e. The first-order valence-electron chi connectivity index (χ1n) is 11.0. The van der Waals surface area contributed by atoms with Gasteiger partial charge in [0.2, 0.25) is 17.7 Å². The summed E-state index contributed by atoms with van der Waals surface area (Å²) in [5.74, 6) is -1.35. The third-order valence-corrected chi connectivity index (χ3v) is 4.62. The van der Waals surface area contributed by atoms with Gasteiger partial charge in [0.25, 0.3) is 0 Å². The molecule has 12 heteroatoms. The van der Waals surface area contributed by atoms with Crippen molar-refractivity contribution in [1.82, 2.24) is 21.3 Å². The van der Waals surface area contributed by atoms with Gasteiger partial charge in [0, 0.05) is 13.0 Å². The van der Waals surface area contributed by atoms with Crippen LogP contribution in [0, 0.1) is 0 Å². The van der Waals surface area contributed by atoms with Crippen LogP contribution in [-0.2, 0) is 19.2 Å². The lowest BCUT2D eigenvalue weighted by atomic mass is 10.1. The highest BCUT2D eigenvalue weighted by molar-refractivity contribution is 5.92. The molecule has 2 unspecified atom stereocenters. The Morgan fingerprint density at radius 2 is 1.53 bits per heavy atom. The zero-order valence-corrected chi connectivity index (χ0v) is 19.2. The Balaban J connectivity index is 4.64. The van der Waals surface area contributed by atoms with Crippen LogP contribution in [0.4, 0.5) is 0 Å². The van der Waals surface area contributed by atoms with Crippen molar-refractivity contribution in [1.29, 1.82) is 0 Å². The Kier molecular flexibility index (Phi) is 16.4. The molecule has 0 rings (SSSR count). The Morgan fingerprint density at radius 3 is 2.12 bits per heavy atom. The number of unbranched alkanes of at least 4 members (excludes halogenated alkanes) is 1. The van der Waals surface area contributed by atoms with E-state index in [-0.39, 0.29) is 30.7 Å². The summed E-state index contributed by atoms with van der Waals surface area (Å²) < 4.78 is 0. The zero-order valence-electron chi connectivity index (χ0n) is 19.2. The molecule has 0 bridgehead atoms. The highest BCUT2D eigenvalue weighted by Crippen LogP contribution is 2.02. The summed E-state index contributed by atoms with van der Waals surface area (Å²) in [5, 5.41) is 10.6. The topological polar surface area (TPSA) is 207 Å². The van der Waals surface area contributed by atoms with Gasteiger partial charge >= 0.3 is 0 Å². The molecule has 10 N–H and O–H groups in total. The van der Waals surface area contributed by atoms with E-state index in [1.54, 1.807) is 7.05 Å². The van der Waals surface area contributed by atoms with E-state index < -0.39 is 23.9 Å². The van der Waals surface area contributed by atoms with Gasteiger partial charge in [-0.3, -0.25) is 24.2 Å². The number of hydrogen-bond donors (Lipinski definition) is 7. The molecule has 3 amide bonds. The molecule has 0 spiro atoms. The average Bonchev–Trinajstić information content (AvgIpc) is 2.75. The molecule has 0 aromatic carbocycles. The summed E-state index contributed by atoms with van der Waals surface area (Å²) in [6, 6.07) is -1.31. The smallest absolute Gasteiger partial charge is 0.242 e. The van der Waals surface area contributed by atoms with Gasteiger partial charge in [-0.05, 0) is 52.1 Å². The number of guanidine groups is 1. The molecule has 32 heavy (non-hydrogen) atoms. The lowest BCUT2D eigenvalue weighted by molar-refractivity contribution is -0.131. The summed E-state index contributed by atoms with van der Waals surface area (Å²) in [5.41, 5.74) is 16.0. The van der Waals surface area contributed by atoms with E-state index in [0.29, 0.717) is 58.0 Å². The molecule has 0 fully saturated rings. The maximum atomic E-state index is 12.4. The molecule has 2 atom stereocenters. The molecule has 0 aromatic heterocycles. The van der Waals surface area contributed by atoms with Gasteiger partial charge in [0.1, 0.15) is 6.04 Å². The van der Waals surface area contributed by atoms with E-state index in [2.05, 4.69) is 26.3 Å². The molecule has 12 nitrogen and oxygen atoms in total. The fourth-order valence-electron chi connectivity index (χ4n) is 2.88. The number of amides is 3. The summed E-state index contributed by atoms with van der Waals surface area (Å²) >= 11 is 0. The van der Waals surface area contributed by atoms with E-state index in [9.17, 15) is 19.2 Å². The Morgan fingerprint density at radius 1 is 0.906 bits per heavy atom. The second-order valence-corrected chi connectivity index (χ2v) is 7.42. The minimum Gasteiger partial charge on any atom is -0.370 e. The monoisotopic (exact) mass is 456 g/mol. The van der Waals surface area contributed by atoms with Crippen LogP contribution in [-0.4, -0.2) is 74.8 Å². The second kappa shape index (κ2) is 17.9. The van der Waals surface area contributed by atoms with Crippen LogP contribution in [0.1, 0.15) is 51.9 Å². The summed E-state index contributed by atoms with van der Waals surface area (Å²) in [7, 11) is 1.64. The van der Waals surface area contributed by atoms with Crippen LogP contribution in [0.3, 0.4) is 0 Å². The van der Waals surface area contributed by atoms with Crippen molar-refractivity contribution < 1.29 is 19.2 Å². The third kappa shape index (κ3) is 14.3. The third-order valence-electron chi connectivity index (χ3n) is 4.62. The van der Waals surface area contributed by atoms with Crippen LogP contribution in [0.2, 0.25) is 0 Å². The van der Waals surface area contributed by atoms with Crippen molar-refractivity contribution >= 4 is 29.5 Å². The van der Waals surface area contributed by atoms with Crippen molar-refractivity contribution in [2.24, 2.45) is 22.2 Å². The van der Waals surface area contributed by atoms with E-state index in [0.717, 1.165) is 0 Å². The van der Waals surface area contributed by atoms with Gasteiger partial charge < -0.3 is 38.5 Å². The van der Waals surface area contributed by atoms with Crippen molar-refractivity contribution in [3.05, 3.63) is 0 Å². The number of ketones is 1. The Hall–Kier alpha value is -2.73. The van der Waals surface area contributed by atoms with Crippen molar-refractivity contribution in [2.45, 2.75) is 64.0 Å². The predicted molar refractivity (Wildman–Crippen MR) is 124 cm³/mol. The molecule has 0 aliphatic heterocycles. The van der Waals surface area contributed by atoms with Gasteiger partial charge in [-0.1, -0.05) is 6.92 Å². The van der Waals surface area contributed by atoms with E-state index in [1.807, 2.05) is 6.92 Å². The number of carbonyl (C=O) groups excluding carboxylic acids is 4. The van der Waals surface area contributed by atoms with Crippen LogP contribution >= 0.6 is 0 Å². The molecule has 184 valence electrons. The minimum absolute atomic E-state index is 0.00749. The molecule has 0 heterocycles. The highest BCUT2D eigenvalue weighted by Gasteiger charge is 2.22. The molecule has 0 aliphatic rings. The molecule has 0 aromatic rings. The zero-order chi connectivity index (χ0) is 24.4. The summed E-state index contributed by atoms with van der Waals surface area (Å²) in [6.07, 6.45) is 3.88.